The van der Waals surface area contributed by atoms with E-state index >= 15 is 0 Å². The van der Waals surface area contributed by atoms with Crippen LogP contribution in [0.2, 0.25) is 0 Å². The summed E-state index contributed by atoms with van der Waals surface area (Å²) in [6.07, 6.45) is -2.14. The first kappa shape index (κ1) is 24.7. The third-order valence-electron chi connectivity index (χ3n) is 4.35. The Morgan fingerprint density at radius 1 is 0.647 bits per heavy atom. The van der Waals surface area contributed by atoms with Gasteiger partial charge in [0.05, 0.1) is 5.69 Å². The number of hydrogen-bond acceptors (Lipinski definition) is 2. The van der Waals surface area contributed by atoms with Crippen molar-refractivity contribution in [3.05, 3.63) is 88.0 Å². The second-order valence-corrected chi connectivity index (χ2v) is 6.39. The van der Waals surface area contributed by atoms with Crippen LogP contribution in [-0.4, -0.2) is 11.2 Å². The topological polar surface area (TPSA) is 49.8 Å². The summed E-state index contributed by atoms with van der Waals surface area (Å²) in [5.41, 5.74) is -2.50. The van der Waals surface area contributed by atoms with Crippen LogP contribution in [0.3, 0.4) is 0 Å². The molecule has 0 fully saturated rings. The zero-order valence-electron chi connectivity index (χ0n) is 16.0. The Balaban J connectivity index is 1.93. The minimum atomic E-state index is -2.51. The first-order valence-corrected chi connectivity index (χ1v) is 8.66. The maximum Gasteiger partial charge on any atom is 0.416 e. The molecule has 0 saturated heterocycles. The summed E-state index contributed by atoms with van der Waals surface area (Å²) < 4.78 is 140. The number of anilines is 2. The average molecular weight is 499 g/mol. The van der Waals surface area contributed by atoms with Gasteiger partial charge in [-0.05, 0) is 17.7 Å². The predicted molar refractivity (Wildman–Crippen MR) is 93.4 cm³/mol. The van der Waals surface area contributed by atoms with Crippen molar-refractivity contribution in [2.24, 2.45) is 0 Å². The van der Waals surface area contributed by atoms with Crippen LogP contribution in [0.5, 0.6) is 5.75 Å². The van der Waals surface area contributed by atoms with Crippen LogP contribution in [0, 0.1) is 58.2 Å². The van der Waals surface area contributed by atoms with Crippen molar-refractivity contribution >= 4 is 17.5 Å². The normalized spacial score (nSPS) is 11.0. The van der Waals surface area contributed by atoms with Gasteiger partial charge in [-0.2, -0.15) is 8.78 Å². The van der Waals surface area contributed by atoms with Crippen LogP contribution in [0.1, 0.15) is 5.56 Å². The lowest BCUT2D eigenvalue weighted by molar-refractivity contribution is 0.204. The highest BCUT2D eigenvalue weighted by atomic mass is 19.2. The highest BCUT2D eigenvalue weighted by molar-refractivity contribution is 5.95. The average Bonchev–Trinajstić information content (AvgIpc) is 2.82. The molecule has 0 saturated carbocycles. The summed E-state index contributed by atoms with van der Waals surface area (Å²) in [4.78, 5) is 11.3. The summed E-state index contributed by atoms with van der Waals surface area (Å²) in [6, 6.07) is 3.46. The molecule has 3 aromatic rings. The third-order valence-corrected chi connectivity index (χ3v) is 4.35. The van der Waals surface area contributed by atoms with Crippen molar-refractivity contribution in [1.29, 1.82) is 0 Å². The molecule has 34 heavy (non-hydrogen) atoms. The molecule has 0 heterocycles. The largest absolute Gasteiger partial charge is 0.483 e. The smallest absolute Gasteiger partial charge is 0.416 e. The van der Waals surface area contributed by atoms with E-state index in [0.717, 1.165) is 24.3 Å². The number of amides is 1. The lowest BCUT2D eigenvalue weighted by atomic mass is 10.1. The van der Waals surface area contributed by atoms with Gasteiger partial charge in [-0.25, -0.2) is 44.8 Å². The first-order chi connectivity index (χ1) is 15.9. The zero-order chi connectivity index (χ0) is 25.5. The van der Waals surface area contributed by atoms with Crippen molar-refractivity contribution in [2.45, 2.75) is 6.61 Å². The molecule has 0 aliphatic carbocycles. The number of benzene rings is 3. The number of nitrogens with zero attached hydrogens (tertiary/aromatic N) is 1. The number of halogens is 10. The number of rotatable bonds is 5. The highest BCUT2D eigenvalue weighted by Gasteiger charge is 2.33. The third kappa shape index (κ3) is 4.06. The van der Waals surface area contributed by atoms with Crippen molar-refractivity contribution in [3.63, 3.8) is 0 Å². The van der Waals surface area contributed by atoms with Crippen molar-refractivity contribution < 1.29 is 58.5 Å². The van der Waals surface area contributed by atoms with Gasteiger partial charge in [-0.1, -0.05) is 12.1 Å². The minimum Gasteiger partial charge on any atom is -0.483 e. The van der Waals surface area contributed by atoms with E-state index in [1.807, 2.05) is 0 Å². The van der Waals surface area contributed by atoms with Crippen molar-refractivity contribution in [1.82, 2.24) is 0 Å². The lowest BCUT2D eigenvalue weighted by Crippen LogP contribution is -2.27. The van der Waals surface area contributed by atoms with Gasteiger partial charge < -0.3 is 9.84 Å². The molecule has 14 heteroatoms. The summed E-state index contributed by atoms with van der Waals surface area (Å²) in [6.45, 7) is -0.825. The van der Waals surface area contributed by atoms with Gasteiger partial charge in [0.1, 0.15) is 12.3 Å². The molecule has 1 amide bonds. The second kappa shape index (κ2) is 9.11. The summed E-state index contributed by atoms with van der Waals surface area (Å²) in [5, 5.41) is 9.28. The summed E-state index contributed by atoms with van der Waals surface area (Å²) in [5.74, 6) is -25.2. The van der Waals surface area contributed by atoms with E-state index in [0.29, 0.717) is 0 Å². The Hall–Kier alpha value is -3.97. The maximum atomic E-state index is 14.1. The van der Waals surface area contributed by atoms with Crippen LogP contribution in [0.4, 0.5) is 60.1 Å². The fourth-order valence-electron chi connectivity index (χ4n) is 2.73. The number of carbonyl (C=O) groups is 1. The molecule has 1 N–H and O–H groups in total. The fourth-order valence-corrected chi connectivity index (χ4v) is 2.73. The van der Waals surface area contributed by atoms with E-state index < -0.39 is 88.0 Å². The number of carboxylic acid groups (broad SMARTS) is 1. The number of hydrogen-bond donors (Lipinski definition) is 1. The van der Waals surface area contributed by atoms with E-state index in [9.17, 15) is 53.8 Å². The zero-order valence-corrected chi connectivity index (χ0v) is 16.0. The number of ether oxygens (including phenoxy) is 1. The molecular weight excluding hydrogens is 492 g/mol. The predicted octanol–water partition coefficient (Wildman–Crippen LogP) is 6.47. The summed E-state index contributed by atoms with van der Waals surface area (Å²) >= 11 is 0. The van der Waals surface area contributed by atoms with Gasteiger partial charge in [0.15, 0.2) is 29.0 Å². The van der Waals surface area contributed by atoms with Crippen LogP contribution in [0.15, 0.2) is 24.3 Å². The van der Waals surface area contributed by atoms with E-state index in [1.165, 1.54) is 0 Å². The monoisotopic (exact) mass is 499 g/mol. The molecule has 0 aliphatic heterocycles. The highest BCUT2D eigenvalue weighted by Crippen LogP contribution is 2.35. The van der Waals surface area contributed by atoms with Crippen LogP contribution in [-0.2, 0) is 6.61 Å². The Bertz CT molecular complexity index is 1240. The summed E-state index contributed by atoms with van der Waals surface area (Å²) in [7, 11) is 0. The molecule has 0 unspecified atom stereocenters. The molecule has 0 aliphatic rings. The van der Waals surface area contributed by atoms with Crippen molar-refractivity contribution in [3.8, 4) is 5.75 Å². The second-order valence-electron chi connectivity index (χ2n) is 6.39. The molecule has 0 spiro atoms. The Kier molecular flexibility index (Phi) is 6.61. The first-order valence-electron chi connectivity index (χ1n) is 8.66. The van der Waals surface area contributed by atoms with E-state index in [2.05, 4.69) is 4.74 Å². The van der Waals surface area contributed by atoms with Gasteiger partial charge in [-0.15, -0.1) is 0 Å². The maximum absolute atomic E-state index is 14.1. The van der Waals surface area contributed by atoms with Gasteiger partial charge in [-0.3, -0.25) is 0 Å². The van der Waals surface area contributed by atoms with E-state index in [4.69, 9.17) is 0 Å². The molecular formula is C20H7F10NO3. The molecule has 0 bridgehead atoms. The quantitative estimate of drug-likeness (QED) is 0.249. The standard InChI is InChI=1S/C20H7F10NO3/c21-8-10(23)14(27)18(15(28)11(8)24)31(20(32)33)7-3-1-6(2-4-7)5-34-19-16(29)12(25)9(22)13(26)17(19)30/h1-4H,5H2,(H,32,33). The van der Waals surface area contributed by atoms with E-state index in [-0.39, 0.29) is 10.5 Å². The van der Waals surface area contributed by atoms with Crippen molar-refractivity contribution in [2.75, 3.05) is 4.90 Å². The SMILES string of the molecule is O=C(O)N(c1ccc(COc2c(F)c(F)c(F)c(F)c2F)cc1)c1c(F)c(F)c(F)c(F)c1F. The molecule has 3 rings (SSSR count). The van der Waals surface area contributed by atoms with Crippen LogP contribution in [0.25, 0.3) is 0 Å². The fraction of sp³-hybridized carbons (Fsp3) is 0.0500. The van der Waals surface area contributed by atoms with E-state index in [1.54, 1.807) is 0 Å². The molecule has 0 atom stereocenters. The molecule has 0 radical (unpaired) electrons. The minimum absolute atomic E-state index is 0.0737. The van der Waals surface area contributed by atoms with Crippen LogP contribution >= 0.6 is 0 Å². The van der Waals surface area contributed by atoms with Gasteiger partial charge >= 0.3 is 6.09 Å². The Labute approximate surface area is 182 Å². The Morgan fingerprint density at radius 2 is 1.03 bits per heavy atom. The Morgan fingerprint density at radius 3 is 1.44 bits per heavy atom. The van der Waals surface area contributed by atoms with Gasteiger partial charge in [0.25, 0.3) is 0 Å². The molecule has 4 nitrogen and oxygen atoms in total. The molecule has 180 valence electrons. The molecule has 0 aromatic heterocycles. The van der Waals surface area contributed by atoms with Crippen LogP contribution < -0.4 is 9.64 Å². The van der Waals surface area contributed by atoms with Gasteiger partial charge in [0, 0.05) is 0 Å². The van der Waals surface area contributed by atoms with Gasteiger partial charge in [0.2, 0.25) is 34.9 Å². The lowest BCUT2D eigenvalue weighted by Gasteiger charge is -2.21. The molecule has 3 aromatic carbocycles.